The molecule has 0 unspecified atom stereocenters. The number of halogens is 6. The molecule has 0 spiro atoms. The summed E-state index contributed by atoms with van der Waals surface area (Å²) in [5, 5.41) is 0. The minimum atomic E-state index is -4.67. The summed E-state index contributed by atoms with van der Waals surface area (Å²) in [6, 6.07) is 2.02. The number of carbonyl (C=O) groups excluding carboxylic acids is 1. The molecule has 0 amide bonds. The largest absolute Gasteiger partial charge is 0.416 e. The van der Waals surface area contributed by atoms with E-state index in [1.165, 1.54) is 6.92 Å². The lowest BCUT2D eigenvalue weighted by atomic mass is 10.00. The first-order chi connectivity index (χ1) is 8.00. The highest BCUT2D eigenvalue weighted by molar-refractivity contribution is 5.97. The van der Waals surface area contributed by atoms with Gasteiger partial charge in [-0.1, -0.05) is 6.07 Å². The van der Waals surface area contributed by atoms with E-state index in [4.69, 9.17) is 0 Å². The Morgan fingerprint density at radius 2 is 1.67 bits per heavy atom. The van der Waals surface area contributed by atoms with Crippen LogP contribution in [-0.2, 0) is 6.18 Å². The van der Waals surface area contributed by atoms with Gasteiger partial charge in [0, 0.05) is 5.56 Å². The zero-order valence-corrected chi connectivity index (χ0v) is 9.12. The first-order valence-electron chi connectivity index (χ1n) is 4.78. The summed E-state index contributed by atoms with van der Waals surface area (Å²) >= 11 is 0. The first kappa shape index (κ1) is 14.5. The summed E-state index contributed by atoms with van der Waals surface area (Å²) in [7, 11) is 0. The lowest BCUT2D eigenvalue weighted by Gasteiger charge is -2.11. The third kappa shape index (κ3) is 3.75. The molecule has 0 saturated heterocycles. The second kappa shape index (κ2) is 4.62. The van der Waals surface area contributed by atoms with Crippen LogP contribution in [0.3, 0.4) is 0 Å². The zero-order chi connectivity index (χ0) is 14.1. The van der Waals surface area contributed by atoms with Gasteiger partial charge in [0.25, 0.3) is 0 Å². The van der Waals surface area contributed by atoms with E-state index in [-0.39, 0.29) is 11.1 Å². The molecule has 100 valence electrons. The molecule has 18 heavy (non-hydrogen) atoms. The van der Waals surface area contributed by atoms with Crippen LogP contribution in [0, 0.1) is 6.92 Å². The van der Waals surface area contributed by atoms with Gasteiger partial charge in [-0.25, -0.2) is 0 Å². The number of hydrogen-bond donors (Lipinski definition) is 0. The monoisotopic (exact) mass is 270 g/mol. The summed E-state index contributed by atoms with van der Waals surface area (Å²) < 4.78 is 72.9. The van der Waals surface area contributed by atoms with Gasteiger partial charge in [-0.05, 0) is 24.6 Å². The van der Waals surface area contributed by atoms with Crippen LogP contribution in [-0.4, -0.2) is 12.0 Å². The molecule has 0 aliphatic rings. The van der Waals surface area contributed by atoms with Crippen molar-refractivity contribution in [1.29, 1.82) is 0 Å². The van der Waals surface area contributed by atoms with Gasteiger partial charge in [0.15, 0.2) is 5.78 Å². The van der Waals surface area contributed by atoms with E-state index in [1.807, 2.05) is 0 Å². The Morgan fingerprint density at radius 3 is 2.06 bits per heavy atom. The molecule has 1 nitrogen and oxygen atoms in total. The van der Waals surface area contributed by atoms with Crippen molar-refractivity contribution in [3.05, 3.63) is 34.9 Å². The summed E-state index contributed by atoms with van der Waals surface area (Å²) in [6.45, 7) is 1.17. The molecule has 0 radical (unpaired) electrons. The predicted molar refractivity (Wildman–Crippen MR) is 51.2 cm³/mol. The van der Waals surface area contributed by atoms with Crippen LogP contribution in [0.15, 0.2) is 18.2 Å². The topological polar surface area (TPSA) is 17.1 Å². The smallest absolute Gasteiger partial charge is 0.294 e. The number of aryl methyl sites for hydroxylation is 1. The second-order valence-corrected chi connectivity index (χ2v) is 3.74. The Hall–Kier alpha value is -1.53. The fourth-order valence-electron chi connectivity index (χ4n) is 1.43. The molecule has 0 atom stereocenters. The van der Waals surface area contributed by atoms with Crippen molar-refractivity contribution >= 4 is 5.78 Å². The van der Waals surface area contributed by atoms with E-state index >= 15 is 0 Å². The molecule has 0 aliphatic carbocycles. The van der Waals surface area contributed by atoms with Crippen LogP contribution in [0.5, 0.6) is 0 Å². The predicted octanol–water partition coefficient (Wildman–Crippen LogP) is 4.15. The van der Waals surface area contributed by atoms with Gasteiger partial charge in [0.05, 0.1) is 5.56 Å². The Morgan fingerprint density at radius 1 is 1.11 bits per heavy atom. The lowest BCUT2D eigenvalue weighted by molar-refractivity contribution is -0.137. The van der Waals surface area contributed by atoms with Gasteiger partial charge in [-0.15, -0.1) is 0 Å². The van der Waals surface area contributed by atoms with Crippen molar-refractivity contribution in [2.75, 3.05) is 0 Å². The van der Waals surface area contributed by atoms with E-state index in [0.29, 0.717) is 12.1 Å². The molecule has 0 fully saturated rings. The van der Waals surface area contributed by atoms with Crippen LogP contribution in [0.25, 0.3) is 0 Å². The van der Waals surface area contributed by atoms with Crippen LogP contribution < -0.4 is 0 Å². The standard InChI is InChI=1S/C11H8F6O/c1-6-4-7(11(15,16)17)2-3-8(6)9(18)5-10(12,13)14/h2-4H,5H2,1H3. The second-order valence-electron chi connectivity index (χ2n) is 3.74. The highest BCUT2D eigenvalue weighted by Crippen LogP contribution is 2.31. The van der Waals surface area contributed by atoms with E-state index in [1.54, 1.807) is 0 Å². The van der Waals surface area contributed by atoms with E-state index in [0.717, 1.165) is 6.07 Å². The number of ketones is 1. The highest BCUT2D eigenvalue weighted by Gasteiger charge is 2.34. The maximum absolute atomic E-state index is 12.3. The van der Waals surface area contributed by atoms with E-state index < -0.39 is 30.1 Å². The molecule has 0 bridgehead atoms. The average molecular weight is 270 g/mol. The molecule has 7 heteroatoms. The fraction of sp³-hybridized carbons (Fsp3) is 0.364. The molecular formula is C11H8F6O. The number of alkyl halides is 6. The van der Waals surface area contributed by atoms with Crippen molar-refractivity contribution in [3.8, 4) is 0 Å². The van der Waals surface area contributed by atoms with Gasteiger partial charge < -0.3 is 0 Å². The van der Waals surface area contributed by atoms with Gasteiger partial charge >= 0.3 is 12.4 Å². The Bertz CT molecular complexity index is 458. The molecule has 0 N–H and O–H groups in total. The lowest BCUT2D eigenvalue weighted by Crippen LogP contribution is -2.16. The molecule has 1 aromatic rings. The Balaban J connectivity index is 3.03. The van der Waals surface area contributed by atoms with Crippen LogP contribution in [0.2, 0.25) is 0 Å². The fourth-order valence-corrected chi connectivity index (χ4v) is 1.43. The van der Waals surface area contributed by atoms with Crippen LogP contribution in [0.4, 0.5) is 26.3 Å². The van der Waals surface area contributed by atoms with Crippen LogP contribution >= 0.6 is 0 Å². The number of carbonyl (C=O) groups is 1. The average Bonchev–Trinajstić information content (AvgIpc) is 2.12. The third-order valence-electron chi connectivity index (χ3n) is 2.22. The number of Topliss-reactive ketones (excluding diaryl/α,β-unsaturated/α-hetero) is 1. The number of benzene rings is 1. The van der Waals surface area contributed by atoms with E-state index in [2.05, 4.69) is 0 Å². The molecular weight excluding hydrogens is 262 g/mol. The molecule has 1 rings (SSSR count). The van der Waals surface area contributed by atoms with Crippen molar-refractivity contribution in [2.45, 2.75) is 25.7 Å². The maximum Gasteiger partial charge on any atom is 0.416 e. The van der Waals surface area contributed by atoms with Gasteiger partial charge in [-0.2, -0.15) is 26.3 Å². The first-order valence-corrected chi connectivity index (χ1v) is 4.78. The van der Waals surface area contributed by atoms with Crippen molar-refractivity contribution in [1.82, 2.24) is 0 Å². The van der Waals surface area contributed by atoms with Crippen LogP contribution in [0.1, 0.15) is 27.9 Å². The third-order valence-corrected chi connectivity index (χ3v) is 2.22. The molecule has 0 heterocycles. The minimum Gasteiger partial charge on any atom is -0.294 e. The zero-order valence-electron chi connectivity index (χ0n) is 9.12. The van der Waals surface area contributed by atoms with Crippen molar-refractivity contribution in [2.24, 2.45) is 0 Å². The van der Waals surface area contributed by atoms with Crippen molar-refractivity contribution < 1.29 is 31.1 Å². The Kier molecular flexibility index (Phi) is 3.73. The molecule has 0 saturated carbocycles. The van der Waals surface area contributed by atoms with Gasteiger partial charge in [-0.3, -0.25) is 4.79 Å². The number of hydrogen-bond acceptors (Lipinski definition) is 1. The molecule has 0 aromatic heterocycles. The summed E-state index contributed by atoms with van der Waals surface area (Å²) in [4.78, 5) is 11.2. The SMILES string of the molecule is Cc1cc(C(F)(F)F)ccc1C(=O)CC(F)(F)F. The van der Waals surface area contributed by atoms with Gasteiger partial charge in [0.1, 0.15) is 6.42 Å². The highest BCUT2D eigenvalue weighted by atomic mass is 19.4. The summed E-state index contributed by atoms with van der Waals surface area (Å²) in [5.41, 5.74) is -1.47. The Labute approximate surface area is 98.4 Å². The maximum atomic E-state index is 12.3. The normalized spacial score (nSPS) is 12.6. The quantitative estimate of drug-likeness (QED) is 0.582. The van der Waals surface area contributed by atoms with Crippen molar-refractivity contribution in [3.63, 3.8) is 0 Å². The minimum absolute atomic E-state index is 0.126. The molecule has 1 aromatic carbocycles. The molecule has 0 aliphatic heterocycles. The van der Waals surface area contributed by atoms with E-state index in [9.17, 15) is 31.1 Å². The summed E-state index contributed by atoms with van der Waals surface area (Å²) in [5.74, 6) is -1.24. The van der Waals surface area contributed by atoms with Gasteiger partial charge in [0.2, 0.25) is 0 Å². The number of rotatable bonds is 2. The summed E-state index contributed by atoms with van der Waals surface area (Å²) in [6.07, 6.45) is -10.9.